The van der Waals surface area contributed by atoms with E-state index < -0.39 is 13.0 Å². The van der Waals surface area contributed by atoms with Crippen molar-refractivity contribution >= 4 is 0 Å². The summed E-state index contributed by atoms with van der Waals surface area (Å²) in [5.41, 5.74) is 1.02. The predicted octanol–water partition coefficient (Wildman–Crippen LogP) is 3.27. The summed E-state index contributed by atoms with van der Waals surface area (Å²) in [6.07, 6.45) is -4.61. The van der Waals surface area contributed by atoms with Gasteiger partial charge in [0.05, 0.1) is 6.61 Å². The predicted molar refractivity (Wildman–Crippen MR) is 66.0 cm³/mol. The minimum absolute atomic E-state index is 0.140. The number of ether oxygens (including phenoxy) is 2. The van der Waals surface area contributed by atoms with Gasteiger partial charge < -0.3 is 10.1 Å². The summed E-state index contributed by atoms with van der Waals surface area (Å²) in [7, 11) is 0. The van der Waals surface area contributed by atoms with Crippen LogP contribution < -0.4 is 10.1 Å². The summed E-state index contributed by atoms with van der Waals surface area (Å²) < 4.78 is 44.1. The molecule has 0 heterocycles. The monoisotopic (exact) mass is 277 g/mol. The third kappa shape index (κ3) is 6.45. The van der Waals surface area contributed by atoms with E-state index in [0.29, 0.717) is 5.75 Å². The maximum absolute atomic E-state index is 11.8. The maximum Gasteiger partial charge on any atom is 0.522 e. The van der Waals surface area contributed by atoms with Crippen LogP contribution in [0.5, 0.6) is 5.75 Å². The van der Waals surface area contributed by atoms with Crippen molar-refractivity contribution in [1.29, 1.82) is 0 Å². The second-order valence-corrected chi connectivity index (χ2v) is 3.99. The molecule has 0 aliphatic carbocycles. The average molecular weight is 277 g/mol. The highest BCUT2D eigenvalue weighted by Gasteiger charge is 2.28. The quantitative estimate of drug-likeness (QED) is 0.776. The normalized spacial score (nSPS) is 13.3. The smallest absolute Gasteiger partial charge is 0.491 e. The van der Waals surface area contributed by atoms with E-state index in [1.54, 1.807) is 12.1 Å². The van der Waals surface area contributed by atoms with Crippen LogP contribution in [-0.4, -0.2) is 26.1 Å². The molecule has 0 spiro atoms. The highest BCUT2D eigenvalue weighted by Crippen LogP contribution is 2.19. The highest BCUT2D eigenvalue weighted by molar-refractivity contribution is 5.30. The first kappa shape index (κ1) is 15.8. The van der Waals surface area contributed by atoms with Crippen molar-refractivity contribution in [2.45, 2.75) is 26.3 Å². The van der Waals surface area contributed by atoms with E-state index in [1.807, 2.05) is 26.0 Å². The molecule has 1 aromatic rings. The molecule has 0 radical (unpaired) electrons. The zero-order valence-electron chi connectivity index (χ0n) is 11.0. The van der Waals surface area contributed by atoms with Crippen LogP contribution in [0, 0.1) is 0 Å². The van der Waals surface area contributed by atoms with Gasteiger partial charge in [-0.05, 0) is 31.2 Å². The minimum atomic E-state index is -4.61. The van der Waals surface area contributed by atoms with Gasteiger partial charge in [-0.3, -0.25) is 4.74 Å². The molecule has 0 aliphatic rings. The number of rotatable bonds is 7. The van der Waals surface area contributed by atoms with Crippen LogP contribution >= 0.6 is 0 Å². The van der Waals surface area contributed by atoms with E-state index in [2.05, 4.69) is 10.1 Å². The van der Waals surface area contributed by atoms with E-state index in [9.17, 15) is 13.2 Å². The fraction of sp³-hybridized carbons (Fsp3) is 0.538. The number of alkyl halides is 3. The van der Waals surface area contributed by atoms with E-state index in [1.165, 1.54) is 0 Å². The number of hydrogen-bond donors (Lipinski definition) is 1. The Morgan fingerprint density at radius 2 is 2.00 bits per heavy atom. The molecule has 0 saturated heterocycles. The van der Waals surface area contributed by atoms with Gasteiger partial charge in [-0.1, -0.05) is 19.1 Å². The minimum Gasteiger partial charge on any atom is -0.491 e. The van der Waals surface area contributed by atoms with Gasteiger partial charge in [0.25, 0.3) is 0 Å². The standard InChI is InChI=1S/C13H18F3NO2/c1-3-17-10(2)11-5-4-6-12(9-11)18-7-8-19-13(14,15)16/h4-6,9-10,17H,3,7-8H2,1-2H3. The molecule has 0 aliphatic heterocycles. The van der Waals surface area contributed by atoms with Gasteiger partial charge in [0.2, 0.25) is 0 Å². The molecule has 1 aromatic carbocycles. The average Bonchev–Trinajstić information content (AvgIpc) is 2.34. The zero-order valence-corrected chi connectivity index (χ0v) is 11.0. The molecule has 1 unspecified atom stereocenters. The van der Waals surface area contributed by atoms with Gasteiger partial charge in [0.15, 0.2) is 0 Å². The van der Waals surface area contributed by atoms with E-state index in [-0.39, 0.29) is 12.6 Å². The molecule has 0 saturated carbocycles. The van der Waals surface area contributed by atoms with Crippen LogP contribution in [0.3, 0.4) is 0 Å². The van der Waals surface area contributed by atoms with Crippen LogP contribution in [0.15, 0.2) is 24.3 Å². The summed E-state index contributed by atoms with van der Waals surface area (Å²) in [5, 5.41) is 3.25. The van der Waals surface area contributed by atoms with E-state index >= 15 is 0 Å². The number of benzene rings is 1. The summed E-state index contributed by atoms with van der Waals surface area (Å²) >= 11 is 0. The first-order chi connectivity index (χ1) is 8.92. The molecular weight excluding hydrogens is 259 g/mol. The van der Waals surface area contributed by atoms with Crippen molar-refractivity contribution in [3.8, 4) is 5.75 Å². The Balaban J connectivity index is 2.44. The second-order valence-electron chi connectivity index (χ2n) is 3.99. The molecule has 1 rings (SSSR count). The largest absolute Gasteiger partial charge is 0.522 e. The van der Waals surface area contributed by atoms with Crippen LogP contribution in [0.25, 0.3) is 0 Å². The van der Waals surface area contributed by atoms with Crippen molar-refractivity contribution in [3.05, 3.63) is 29.8 Å². The van der Waals surface area contributed by atoms with Gasteiger partial charge in [0.1, 0.15) is 12.4 Å². The summed E-state index contributed by atoms with van der Waals surface area (Å²) in [4.78, 5) is 0. The van der Waals surface area contributed by atoms with Gasteiger partial charge in [-0.15, -0.1) is 13.2 Å². The van der Waals surface area contributed by atoms with Crippen molar-refractivity contribution in [3.63, 3.8) is 0 Å². The third-order valence-corrected chi connectivity index (χ3v) is 2.49. The lowest BCUT2D eigenvalue weighted by Crippen LogP contribution is -2.19. The SMILES string of the molecule is CCNC(C)c1cccc(OCCOC(F)(F)F)c1. The molecule has 0 amide bonds. The van der Waals surface area contributed by atoms with Crippen LogP contribution in [0.4, 0.5) is 13.2 Å². The summed E-state index contributed by atoms with van der Waals surface area (Å²) in [6, 6.07) is 7.42. The Kier molecular flexibility index (Phi) is 6.11. The molecule has 19 heavy (non-hydrogen) atoms. The summed E-state index contributed by atoms with van der Waals surface area (Å²) in [6.45, 7) is 4.20. The number of hydrogen-bond acceptors (Lipinski definition) is 3. The lowest BCUT2D eigenvalue weighted by molar-refractivity contribution is -0.325. The zero-order chi connectivity index (χ0) is 14.3. The third-order valence-electron chi connectivity index (χ3n) is 2.49. The maximum atomic E-state index is 11.8. The van der Waals surface area contributed by atoms with Gasteiger partial charge in [-0.2, -0.15) is 0 Å². The lowest BCUT2D eigenvalue weighted by atomic mass is 10.1. The Bertz CT molecular complexity index is 382. The molecule has 6 heteroatoms. The molecule has 108 valence electrons. The molecule has 3 nitrogen and oxygen atoms in total. The van der Waals surface area contributed by atoms with Crippen molar-refractivity contribution in [2.24, 2.45) is 0 Å². The molecule has 0 fully saturated rings. The van der Waals surface area contributed by atoms with Crippen LogP contribution in [0.1, 0.15) is 25.5 Å². The first-order valence-corrected chi connectivity index (χ1v) is 6.09. The topological polar surface area (TPSA) is 30.5 Å². The van der Waals surface area contributed by atoms with Crippen LogP contribution in [0.2, 0.25) is 0 Å². The van der Waals surface area contributed by atoms with E-state index in [4.69, 9.17) is 4.74 Å². The van der Waals surface area contributed by atoms with Crippen molar-refractivity contribution < 1.29 is 22.6 Å². The Labute approximate surface area is 110 Å². The van der Waals surface area contributed by atoms with E-state index in [0.717, 1.165) is 12.1 Å². The fourth-order valence-electron chi connectivity index (χ4n) is 1.61. The van der Waals surface area contributed by atoms with Gasteiger partial charge in [-0.25, -0.2) is 0 Å². The number of halogens is 3. The van der Waals surface area contributed by atoms with Gasteiger partial charge in [0, 0.05) is 6.04 Å². The second kappa shape index (κ2) is 7.35. The molecule has 0 aromatic heterocycles. The Morgan fingerprint density at radius 1 is 1.26 bits per heavy atom. The first-order valence-electron chi connectivity index (χ1n) is 6.09. The molecule has 1 atom stereocenters. The van der Waals surface area contributed by atoms with Crippen molar-refractivity contribution in [2.75, 3.05) is 19.8 Å². The van der Waals surface area contributed by atoms with Crippen LogP contribution in [-0.2, 0) is 4.74 Å². The molecular formula is C13H18F3NO2. The summed E-state index contributed by atoms with van der Waals surface area (Å²) in [5.74, 6) is 0.535. The highest BCUT2D eigenvalue weighted by atomic mass is 19.4. The Hall–Kier alpha value is -1.27. The van der Waals surface area contributed by atoms with Crippen molar-refractivity contribution in [1.82, 2.24) is 5.32 Å². The number of nitrogens with one attached hydrogen (secondary N) is 1. The fourth-order valence-corrected chi connectivity index (χ4v) is 1.61. The molecule has 1 N–H and O–H groups in total. The van der Waals surface area contributed by atoms with Gasteiger partial charge >= 0.3 is 6.36 Å². The molecule has 0 bridgehead atoms. The Morgan fingerprint density at radius 3 is 2.63 bits per heavy atom. The lowest BCUT2D eigenvalue weighted by Gasteiger charge is -2.14.